The molecular formula is C13H19NO4. The zero-order chi connectivity index (χ0) is 13.4. The summed E-state index contributed by atoms with van der Waals surface area (Å²) in [6.07, 6.45) is 1.46. The highest BCUT2D eigenvalue weighted by molar-refractivity contribution is 5.86. The number of hydrogen-bond acceptors (Lipinski definition) is 4. The monoisotopic (exact) mass is 253 g/mol. The Morgan fingerprint density at radius 3 is 2.78 bits per heavy atom. The minimum atomic E-state index is -1.04. The molecule has 0 spiro atoms. The van der Waals surface area contributed by atoms with Crippen molar-refractivity contribution in [3.8, 4) is 0 Å². The largest absolute Gasteiger partial charge is 0.477 e. The Labute approximate surface area is 107 Å². The van der Waals surface area contributed by atoms with Crippen molar-refractivity contribution in [1.29, 1.82) is 0 Å². The first-order valence-electron chi connectivity index (χ1n) is 5.94. The topological polar surface area (TPSA) is 68.7 Å². The van der Waals surface area contributed by atoms with Crippen LogP contribution in [-0.4, -0.2) is 35.9 Å². The molecule has 1 heterocycles. The van der Waals surface area contributed by atoms with Crippen LogP contribution >= 0.6 is 0 Å². The van der Waals surface area contributed by atoms with Crippen LogP contribution in [0.5, 0.6) is 0 Å². The van der Waals surface area contributed by atoms with E-state index < -0.39 is 5.97 Å². The summed E-state index contributed by atoms with van der Waals surface area (Å²) in [5.41, 5.74) is 0.620. The van der Waals surface area contributed by atoms with Crippen molar-refractivity contribution >= 4 is 5.97 Å². The molecule has 0 aliphatic carbocycles. The number of aromatic nitrogens is 1. The van der Waals surface area contributed by atoms with Crippen LogP contribution in [0, 0.1) is 5.92 Å². The van der Waals surface area contributed by atoms with Gasteiger partial charge < -0.3 is 14.6 Å². The molecule has 18 heavy (non-hydrogen) atoms. The Hall–Kier alpha value is -1.46. The quantitative estimate of drug-likeness (QED) is 0.717. The van der Waals surface area contributed by atoms with Gasteiger partial charge in [0.25, 0.3) is 0 Å². The lowest BCUT2D eigenvalue weighted by atomic mass is 10.2. The smallest absolute Gasteiger partial charge is 0.354 e. The molecule has 0 aromatic carbocycles. The number of carbonyl (C=O) groups is 1. The van der Waals surface area contributed by atoms with Gasteiger partial charge in [0.2, 0.25) is 0 Å². The minimum Gasteiger partial charge on any atom is -0.477 e. The number of aromatic carboxylic acids is 1. The molecule has 1 aromatic rings. The molecule has 0 fully saturated rings. The second-order valence-electron chi connectivity index (χ2n) is 4.34. The van der Waals surface area contributed by atoms with Gasteiger partial charge in [-0.05, 0) is 12.0 Å². The lowest BCUT2D eigenvalue weighted by Gasteiger charge is -2.08. The molecule has 5 nitrogen and oxygen atoms in total. The highest BCUT2D eigenvalue weighted by Gasteiger charge is 2.10. The van der Waals surface area contributed by atoms with Gasteiger partial charge >= 0.3 is 5.97 Å². The standard InChI is InChI=1S/C13H19NO4/c1-10(2)8-17-6-7-18-9-11-4-3-5-14-12(11)13(15)16/h3-5,10H,6-9H2,1-2H3,(H,15,16). The SMILES string of the molecule is CC(C)COCCOCc1cccnc1C(=O)O. The van der Waals surface area contributed by atoms with Gasteiger partial charge in [0.15, 0.2) is 5.69 Å². The number of pyridine rings is 1. The van der Waals surface area contributed by atoms with Crippen LogP contribution in [-0.2, 0) is 16.1 Å². The molecule has 0 radical (unpaired) electrons. The third-order valence-electron chi connectivity index (χ3n) is 2.17. The van der Waals surface area contributed by atoms with Crippen LogP contribution in [0.4, 0.5) is 0 Å². The molecule has 0 saturated carbocycles. The highest BCUT2D eigenvalue weighted by Crippen LogP contribution is 2.06. The van der Waals surface area contributed by atoms with Gasteiger partial charge in [0.1, 0.15) is 0 Å². The van der Waals surface area contributed by atoms with E-state index in [1.807, 2.05) is 0 Å². The number of rotatable bonds is 8. The molecule has 0 unspecified atom stereocenters. The first-order chi connectivity index (χ1) is 8.61. The molecule has 1 N–H and O–H groups in total. The van der Waals surface area contributed by atoms with Crippen molar-refractivity contribution in [2.24, 2.45) is 5.92 Å². The van der Waals surface area contributed by atoms with Crippen molar-refractivity contribution in [2.75, 3.05) is 19.8 Å². The number of nitrogens with zero attached hydrogens (tertiary/aromatic N) is 1. The third-order valence-corrected chi connectivity index (χ3v) is 2.17. The number of carboxylic acid groups (broad SMARTS) is 1. The molecule has 0 atom stereocenters. The van der Waals surface area contributed by atoms with Gasteiger partial charge in [-0.25, -0.2) is 9.78 Å². The van der Waals surface area contributed by atoms with Crippen molar-refractivity contribution in [3.63, 3.8) is 0 Å². The van der Waals surface area contributed by atoms with Gasteiger partial charge in [0, 0.05) is 18.4 Å². The summed E-state index contributed by atoms with van der Waals surface area (Å²) in [6.45, 7) is 6.06. The maximum atomic E-state index is 10.9. The summed E-state index contributed by atoms with van der Waals surface area (Å²) in [5.74, 6) is -0.535. The van der Waals surface area contributed by atoms with Gasteiger partial charge in [0.05, 0.1) is 19.8 Å². The minimum absolute atomic E-state index is 0.0422. The van der Waals surface area contributed by atoms with Crippen LogP contribution < -0.4 is 0 Å². The number of hydrogen-bond donors (Lipinski definition) is 1. The van der Waals surface area contributed by atoms with E-state index in [1.165, 1.54) is 6.20 Å². The second kappa shape index (κ2) is 7.79. The van der Waals surface area contributed by atoms with Gasteiger partial charge in [-0.2, -0.15) is 0 Å². The Morgan fingerprint density at radius 1 is 1.39 bits per heavy atom. The fourth-order valence-electron chi connectivity index (χ4n) is 1.37. The van der Waals surface area contributed by atoms with Crippen molar-refractivity contribution in [2.45, 2.75) is 20.5 Å². The average Bonchev–Trinajstić information content (AvgIpc) is 2.33. The Morgan fingerprint density at radius 2 is 2.11 bits per heavy atom. The van der Waals surface area contributed by atoms with E-state index in [1.54, 1.807) is 12.1 Å². The number of ether oxygens (including phenoxy) is 2. The van der Waals surface area contributed by atoms with E-state index in [2.05, 4.69) is 18.8 Å². The van der Waals surface area contributed by atoms with E-state index in [0.29, 0.717) is 31.3 Å². The molecule has 0 saturated heterocycles. The van der Waals surface area contributed by atoms with Crippen molar-refractivity contribution in [1.82, 2.24) is 4.98 Å². The average molecular weight is 253 g/mol. The summed E-state index contributed by atoms with van der Waals surface area (Å²) < 4.78 is 10.7. The summed E-state index contributed by atoms with van der Waals surface area (Å²) in [7, 11) is 0. The Bertz CT molecular complexity index is 379. The summed E-state index contributed by atoms with van der Waals surface area (Å²) in [4.78, 5) is 14.7. The third kappa shape index (κ3) is 5.25. The highest BCUT2D eigenvalue weighted by atomic mass is 16.5. The van der Waals surface area contributed by atoms with E-state index in [0.717, 1.165) is 0 Å². The van der Waals surface area contributed by atoms with Crippen molar-refractivity contribution < 1.29 is 19.4 Å². The summed E-state index contributed by atoms with van der Waals surface area (Å²) >= 11 is 0. The van der Waals surface area contributed by atoms with Gasteiger partial charge in [-0.1, -0.05) is 19.9 Å². The lowest BCUT2D eigenvalue weighted by molar-refractivity contribution is 0.0308. The predicted octanol–water partition coefficient (Wildman–Crippen LogP) is 1.97. The van der Waals surface area contributed by atoms with Crippen LogP contribution in [0.3, 0.4) is 0 Å². The Balaban J connectivity index is 2.29. The first-order valence-corrected chi connectivity index (χ1v) is 5.94. The molecular weight excluding hydrogens is 234 g/mol. The van der Waals surface area contributed by atoms with Gasteiger partial charge in [-0.15, -0.1) is 0 Å². The zero-order valence-electron chi connectivity index (χ0n) is 10.8. The van der Waals surface area contributed by atoms with Crippen LogP contribution in [0.1, 0.15) is 29.9 Å². The zero-order valence-corrected chi connectivity index (χ0v) is 10.8. The molecule has 0 amide bonds. The molecule has 0 aliphatic heterocycles. The van der Waals surface area contributed by atoms with E-state index in [4.69, 9.17) is 14.6 Å². The molecule has 5 heteroatoms. The molecule has 0 bridgehead atoms. The van der Waals surface area contributed by atoms with Gasteiger partial charge in [-0.3, -0.25) is 0 Å². The lowest BCUT2D eigenvalue weighted by Crippen LogP contribution is -2.10. The first kappa shape index (κ1) is 14.6. The summed E-state index contributed by atoms with van der Waals surface area (Å²) in [5, 5.41) is 8.92. The molecule has 1 aromatic heterocycles. The number of carboxylic acids is 1. The summed E-state index contributed by atoms with van der Waals surface area (Å²) in [6, 6.07) is 3.39. The normalized spacial score (nSPS) is 10.8. The Kier molecular flexibility index (Phi) is 6.32. The maximum absolute atomic E-state index is 10.9. The van der Waals surface area contributed by atoms with Crippen LogP contribution in [0.15, 0.2) is 18.3 Å². The molecule has 100 valence electrons. The van der Waals surface area contributed by atoms with E-state index >= 15 is 0 Å². The molecule has 0 aliphatic rings. The maximum Gasteiger partial charge on any atom is 0.354 e. The fraction of sp³-hybridized carbons (Fsp3) is 0.538. The van der Waals surface area contributed by atoms with E-state index in [9.17, 15) is 4.79 Å². The van der Waals surface area contributed by atoms with E-state index in [-0.39, 0.29) is 12.3 Å². The predicted molar refractivity (Wildman–Crippen MR) is 66.5 cm³/mol. The second-order valence-corrected chi connectivity index (χ2v) is 4.34. The van der Waals surface area contributed by atoms with Crippen LogP contribution in [0.25, 0.3) is 0 Å². The van der Waals surface area contributed by atoms with Crippen molar-refractivity contribution in [3.05, 3.63) is 29.6 Å². The fourth-order valence-corrected chi connectivity index (χ4v) is 1.37. The van der Waals surface area contributed by atoms with Crippen LogP contribution in [0.2, 0.25) is 0 Å². The molecule has 1 rings (SSSR count).